The number of anilines is 2. The molecule has 0 fully saturated rings. The zero-order chi connectivity index (χ0) is 21.5. The van der Waals surface area contributed by atoms with Crippen LogP contribution in [0.5, 0.6) is 0 Å². The Morgan fingerprint density at radius 2 is 1.58 bits per heavy atom. The van der Waals surface area contributed by atoms with Crippen LogP contribution in [0.3, 0.4) is 0 Å². The van der Waals surface area contributed by atoms with Crippen LogP contribution in [-0.2, 0) is 17.8 Å². The van der Waals surface area contributed by atoms with Gasteiger partial charge in [-0.15, -0.1) is 0 Å². The van der Waals surface area contributed by atoms with E-state index in [-0.39, 0.29) is 11.9 Å². The van der Waals surface area contributed by atoms with Crippen LogP contribution in [0.2, 0.25) is 0 Å². The van der Waals surface area contributed by atoms with E-state index in [2.05, 4.69) is 20.9 Å². The Balaban J connectivity index is 1.22. The fraction of sp³-hybridized carbons (Fsp3) is 0.125. The lowest BCUT2D eigenvalue weighted by atomic mass is 10.1. The molecular weight excluding hydrogens is 390 g/mol. The molecule has 156 valence electrons. The molecule has 7 heteroatoms. The number of benzene rings is 2. The fourth-order valence-corrected chi connectivity index (χ4v) is 3.19. The van der Waals surface area contributed by atoms with Crippen molar-refractivity contribution in [2.45, 2.75) is 19.4 Å². The summed E-state index contributed by atoms with van der Waals surface area (Å²) >= 11 is 0. The largest absolute Gasteiger partial charge is 0.334 e. The van der Waals surface area contributed by atoms with Crippen LogP contribution in [0.4, 0.5) is 16.2 Å². The molecule has 2 heterocycles. The van der Waals surface area contributed by atoms with Crippen molar-refractivity contribution in [3.05, 3.63) is 96.4 Å². The van der Waals surface area contributed by atoms with Crippen LogP contribution in [-0.4, -0.2) is 21.3 Å². The highest BCUT2D eigenvalue weighted by atomic mass is 16.2. The van der Waals surface area contributed by atoms with Gasteiger partial charge in [0.25, 0.3) is 0 Å². The summed E-state index contributed by atoms with van der Waals surface area (Å²) in [7, 11) is 0. The predicted octanol–water partition coefficient (Wildman–Crippen LogP) is 4.23. The van der Waals surface area contributed by atoms with Gasteiger partial charge in [-0.3, -0.25) is 4.79 Å². The van der Waals surface area contributed by atoms with Gasteiger partial charge >= 0.3 is 6.03 Å². The van der Waals surface area contributed by atoms with E-state index in [0.717, 1.165) is 16.8 Å². The molecule has 0 atom stereocenters. The smallest absolute Gasteiger partial charge is 0.319 e. The number of hydrogen-bond acceptors (Lipinski definition) is 3. The van der Waals surface area contributed by atoms with Gasteiger partial charge in [0, 0.05) is 42.9 Å². The first-order valence-corrected chi connectivity index (χ1v) is 10.1. The lowest BCUT2D eigenvalue weighted by Crippen LogP contribution is -2.28. The summed E-state index contributed by atoms with van der Waals surface area (Å²) in [5, 5.41) is 8.50. The van der Waals surface area contributed by atoms with Crippen LogP contribution in [0.25, 0.3) is 5.65 Å². The fourth-order valence-electron chi connectivity index (χ4n) is 3.19. The van der Waals surface area contributed by atoms with Crippen molar-refractivity contribution in [2.24, 2.45) is 0 Å². The van der Waals surface area contributed by atoms with E-state index in [9.17, 15) is 9.59 Å². The Morgan fingerprint density at radius 1 is 0.839 bits per heavy atom. The van der Waals surface area contributed by atoms with Gasteiger partial charge in [-0.05, 0) is 47.9 Å². The summed E-state index contributed by atoms with van der Waals surface area (Å²) in [5.74, 6) is -0.0443. The van der Waals surface area contributed by atoms with Gasteiger partial charge in [0.15, 0.2) is 0 Å². The van der Waals surface area contributed by atoms with Gasteiger partial charge in [-0.1, -0.05) is 36.4 Å². The van der Waals surface area contributed by atoms with Crippen molar-refractivity contribution in [3.63, 3.8) is 0 Å². The summed E-state index contributed by atoms with van der Waals surface area (Å²) in [6.45, 7) is 0.398. The van der Waals surface area contributed by atoms with Gasteiger partial charge in [-0.25, -0.2) is 9.78 Å². The molecular formula is C24H23N5O2. The molecule has 0 aliphatic rings. The molecule has 0 bridgehead atoms. The molecule has 7 nitrogen and oxygen atoms in total. The number of rotatable bonds is 7. The Bertz CT molecular complexity index is 1170. The van der Waals surface area contributed by atoms with E-state index >= 15 is 0 Å². The number of hydrogen-bond donors (Lipinski definition) is 3. The second kappa shape index (κ2) is 9.58. The maximum absolute atomic E-state index is 12.2. The molecule has 0 aliphatic carbocycles. The monoisotopic (exact) mass is 413 g/mol. The Kier molecular flexibility index (Phi) is 6.23. The number of imidazole rings is 1. The van der Waals surface area contributed by atoms with Crippen molar-refractivity contribution in [1.82, 2.24) is 14.7 Å². The lowest BCUT2D eigenvalue weighted by Gasteiger charge is -2.10. The van der Waals surface area contributed by atoms with Crippen molar-refractivity contribution in [3.8, 4) is 0 Å². The lowest BCUT2D eigenvalue weighted by molar-refractivity contribution is -0.116. The predicted molar refractivity (Wildman–Crippen MR) is 121 cm³/mol. The number of fused-ring (bicyclic) bond motifs is 1. The highest BCUT2D eigenvalue weighted by Crippen LogP contribution is 2.14. The van der Waals surface area contributed by atoms with E-state index < -0.39 is 0 Å². The molecule has 3 N–H and O–H groups in total. The molecule has 0 radical (unpaired) electrons. The minimum absolute atomic E-state index is 0.0443. The molecule has 0 saturated carbocycles. The Labute approximate surface area is 180 Å². The first-order chi connectivity index (χ1) is 15.2. The van der Waals surface area contributed by atoms with E-state index in [1.54, 1.807) is 30.5 Å². The topological polar surface area (TPSA) is 87.5 Å². The van der Waals surface area contributed by atoms with E-state index in [1.165, 1.54) is 0 Å². The molecule has 0 spiro atoms. The highest BCUT2D eigenvalue weighted by Gasteiger charge is 2.05. The first kappa shape index (κ1) is 20.2. The Hall–Kier alpha value is -4.13. The maximum Gasteiger partial charge on any atom is 0.319 e. The third-order valence-electron chi connectivity index (χ3n) is 4.81. The number of nitrogens with one attached hydrogen (secondary N) is 3. The van der Waals surface area contributed by atoms with Crippen molar-refractivity contribution >= 4 is 29.0 Å². The number of aryl methyl sites for hydroxylation is 1. The standard InChI is InChI=1S/C24H23N5O2/c30-23(13-7-18-4-2-1-3-5-18)27-20-8-10-21(11-9-20)28-24(31)26-16-19-6-12-22-25-14-15-29(22)17-19/h1-6,8-12,14-15,17H,7,13,16H2,(H,27,30)(H2,26,28,31). The van der Waals surface area contributed by atoms with Gasteiger partial charge in [0.1, 0.15) is 5.65 Å². The molecule has 3 amide bonds. The molecule has 4 aromatic rings. The number of carbonyl (C=O) groups is 2. The van der Waals surface area contributed by atoms with Crippen molar-refractivity contribution < 1.29 is 9.59 Å². The Morgan fingerprint density at radius 3 is 2.35 bits per heavy atom. The maximum atomic E-state index is 12.2. The number of amides is 3. The van der Waals surface area contributed by atoms with E-state index in [4.69, 9.17) is 0 Å². The second-order valence-electron chi connectivity index (χ2n) is 7.15. The van der Waals surface area contributed by atoms with Gasteiger partial charge in [0.2, 0.25) is 5.91 Å². The number of carbonyl (C=O) groups excluding carboxylic acids is 2. The van der Waals surface area contributed by atoms with Crippen molar-refractivity contribution in [2.75, 3.05) is 10.6 Å². The third kappa shape index (κ3) is 5.70. The summed E-state index contributed by atoms with van der Waals surface area (Å²) < 4.78 is 1.90. The normalized spacial score (nSPS) is 10.6. The zero-order valence-electron chi connectivity index (χ0n) is 16.9. The second-order valence-corrected chi connectivity index (χ2v) is 7.15. The molecule has 2 aromatic heterocycles. The van der Waals surface area contributed by atoms with Crippen LogP contribution >= 0.6 is 0 Å². The van der Waals surface area contributed by atoms with Gasteiger partial charge in [0.05, 0.1) is 0 Å². The van der Waals surface area contributed by atoms with Crippen molar-refractivity contribution in [1.29, 1.82) is 0 Å². The summed E-state index contributed by atoms with van der Waals surface area (Å²) in [5.41, 5.74) is 4.30. The molecule has 31 heavy (non-hydrogen) atoms. The minimum atomic E-state index is -0.301. The first-order valence-electron chi connectivity index (χ1n) is 10.1. The summed E-state index contributed by atoms with van der Waals surface area (Å²) in [6.07, 6.45) is 6.63. The minimum Gasteiger partial charge on any atom is -0.334 e. The van der Waals surface area contributed by atoms with Crippen LogP contribution in [0, 0.1) is 0 Å². The quantitative estimate of drug-likeness (QED) is 0.424. The van der Waals surface area contributed by atoms with Crippen LogP contribution < -0.4 is 16.0 Å². The number of nitrogens with zero attached hydrogens (tertiary/aromatic N) is 2. The average Bonchev–Trinajstić information content (AvgIpc) is 3.26. The van der Waals surface area contributed by atoms with E-state index in [0.29, 0.717) is 30.8 Å². The third-order valence-corrected chi connectivity index (χ3v) is 4.81. The molecule has 4 rings (SSSR count). The number of pyridine rings is 1. The van der Waals surface area contributed by atoms with Gasteiger partial charge in [-0.2, -0.15) is 0 Å². The average molecular weight is 413 g/mol. The SMILES string of the molecule is O=C(CCc1ccccc1)Nc1ccc(NC(=O)NCc2ccc3nccn3c2)cc1. The molecule has 0 aliphatic heterocycles. The van der Waals surface area contributed by atoms with Crippen LogP contribution in [0.15, 0.2) is 85.3 Å². The molecule has 0 unspecified atom stereocenters. The molecule has 2 aromatic carbocycles. The molecule has 0 saturated heterocycles. The van der Waals surface area contributed by atoms with E-state index in [1.807, 2.05) is 59.3 Å². The highest BCUT2D eigenvalue weighted by molar-refractivity contribution is 5.92. The summed E-state index contributed by atoms with van der Waals surface area (Å²) in [6, 6.07) is 20.5. The number of aromatic nitrogens is 2. The summed E-state index contributed by atoms with van der Waals surface area (Å²) in [4.78, 5) is 28.5. The zero-order valence-corrected chi connectivity index (χ0v) is 16.9. The number of urea groups is 1. The van der Waals surface area contributed by atoms with Crippen LogP contribution in [0.1, 0.15) is 17.5 Å². The van der Waals surface area contributed by atoms with Gasteiger partial charge < -0.3 is 20.4 Å².